The van der Waals surface area contributed by atoms with Crippen LogP contribution in [0.3, 0.4) is 0 Å². The van der Waals surface area contributed by atoms with Crippen molar-refractivity contribution in [2.45, 2.75) is 25.2 Å². The van der Waals surface area contributed by atoms with Gasteiger partial charge in [-0.2, -0.15) is 0 Å². The van der Waals surface area contributed by atoms with Crippen LogP contribution in [-0.4, -0.2) is 9.97 Å². The van der Waals surface area contributed by atoms with E-state index in [1.54, 1.807) is 0 Å². The second-order valence-corrected chi connectivity index (χ2v) is 3.17. The van der Waals surface area contributed by atoms with Crippen LogP contribution in [0.1, 0.15) is 30.9 Å². The van der Waals surface area contributed by atoms with E-state index in [4.69, 9.17) is 0 Å². The molecule has 0 saturated heterocycles. The number of hydrogen-bond donors (Lipinski definition) is 2. The molecule has 1 aromatic rings. The number of nitrogens with one attached hydrogen (secondary N) is 2. The third kappa shape index (κ3) is 1.20. The second-order valence-electron chi connectivity index (χ2n) is 3.17. The summed E-state index contributed by atoms with van der Waals surface area (Å²) in [6.45, 7) is 0. The van der Waals surface area contributed by atoms with Gasteiger partial charge in [0, 0.05) is 11.8 Å². The Hall–Kier alpha value is -1.32. The quantitative estimate of drug-likeness (QED) is 0.631. The van der Waals surface area contributed by atoms with Crippen LogP contribution in [0, 0.1) is 0 Å². The highest BCUT2D eigenvalue weighted by molar-refractivity contribution is 5.08. The maximum absolute atomic E-state index is 10.9. The molecule has 12 heavy (non-hydrogen) atoms. The van der Waals surface area contributed by atoms with Gasteiger partial charge in [0.05, 0.1) is 0 Å². The largest absolute Gasteiger partial charge is 0.325 e. The van der Waals surface area contributed by atoms with Crippen molar-refractivity contribution in [3.05, 3.63) is 32.6 Å². The number of aromatic amines is 2. The van der Waals surface area contributed by atoms with Crippen molar-refractivity contribution in [2.24, 2.45) is 0 Å². The first-order valence-corrected chi connectivity index (χ1v) is 4.09. The van der Waals surface area contributed by atoms with Gasteiger partial charge in [0.1, 0.15) is 0 Å². The summed E-state index contributed by atoms with van der Waals surface area (Å²) in [4.78, 5) is 26.5. The Balaban J connectivity index is 2.43. The molecule has 0 unspecified atom stereocenters. The third-order valence-corrected chi connectivity index (χ3v) is 2.33. The van der Waals surface area contributed by atoms with E-state index in [-0.39, 0.29) is 5.56 Å². The van der Waals surface area contributed by atoms with Gasteiger partial charge in [0.15, 0.2) is 0 Å². The minimum atomic E-state index is -0.399. The molecular weight excluding hydrogens is 156 g/mol. The van der Waals surface area contributed by atoms with Gasteiger partial charge in [-0.25, -0.2) is 4.79 Å². The molecule has 1 heterocycles. The van der Waals surface area contributed by atoms with E-state index >= 15 is 0 Å². The van der Waals surface area contributed by atoms with Crippen molar-refractivity contribution in [3.8, 4) is 0 Å². The van der Waals surface area contributed by atoms with E-state index < -0.39 is 5.69 Å². The zero-order valence-corrected chi connectivity index (χ0v) is 6.59. The average molecular weight is 166 g/mol. The zero-order valence-electron chi connectivity index (χ0n) is 6.59. The molecule has 64 valence electrons. The predicted octanol–water partition coefficient (Wildman–Crippen LogP) is 0.331. The maximum atomic E-state index is 10.9. The Kier molecular flexibility index (Phi) is 1.60. The molecule has 2 N–H and O–H groups in total. The maximum Gasteiger partial charge on any atom is 0.325 e. The van der Waals surface area contributed by atoms with Crippen LogP contribution in [0.2, 0.25) is 0 Å². The molecule has 1 fully saturated rings. The highest BCUT2D eigenvalue weighted by atomic mass is 16.2. The molecule has 4 nitrogen and oxygen atoms in total. The summed E-state index contributed by atoms with van der Waals surface area (Å²) in [7, 11) is 0. The summed E-state index contributed by atoms with van der Waals surface area (Å²) < 4.78 is 0. The van der Waals surface area contributed by atoms with Crippen LogP contribution in [0.15, 0.2) is 15.7 Å². The minimum Gasteiger partial charge on any atom is -0.311 e. The second kappa shape index (κ2) is 2.62. The highest BCUT2D eigenvalue weighted by Gasteiger charge is 2.20. The minimum absolute atomic E-state index is 0.305. The number of H-pyrrole nitrogens is 2. The van der Waals surface area contributed by atoms with Crippen LogP contribution in [0.25, 0.3) is 0 Å². The van der Waals surface area contributed by atoms with Gasteiger partial charge in [0.2, 0.25) is 0 Å². The highest BCUT2D eigenvalue weighted by Crippen LogP contribution is 2.33. The third-order valence-electron chi connectivity index (χ3n) is 2.33. The molecule has 0 amide bonds. The lowest BCUT2D eigenvalue weighted by Gasteiger charge is -2.24. The molecule has 0 aliphatic heterocycles. The zero-order chi connectivity index (χ0) is 8.55. The van der Waals surface area contributed by atoms with Gasteiger partial charge in [-0.15, -0.1) is 0 Å². The van der Waals surface area contributed by atoms with Gasteiger partial charge < -0.3 is 4.98 Å². The van der Waals surface area contributed by atoms with Gasteiger partial charge in [-0.3, -0.25) is 9.78 Å². The summed E-state index contributed by atoms with van der Waals surface area (Å²) >= 11 is 0. The van der Waals surface area contributed by atoms with Gasteiger partial charge in [-0.05, 0) is 18.8 Å². The first-order valence-electron chi connectivity index (χ1n) is 4.09. The summed E-state index contributed by atoms with van der Waals surface area (Å²) in [5.41, 5.74) is 0.0834. The first kappa shape index (κ1) is 7.34. The van der Waals surface area contributed by atoms with Crippen molar-refractivity contribution in [1.29, 1.82) is 0 Å². The molecule has 2 rings (SSSR count). The monoisotopic (exact) mass is 166 g/mol. The molecule has 0 spiro atoms. The van der Waals surface area contributed by atoms with Crippen LogP contribution in [0.5, 0.6) is 0 Å². The van der Waals surface area contributed by atoms with Crippen molar-refractivity contribution in [2.75, 3.05) is 0 Å². The van der Waals surface area contributed by atoms with Crippen LogP contribution < -0.4 is 11.2 Å². The molecule has 1 aliphatic rings. The standard InChI is InChI=1S/C8H10N2O2/c11-7-4-6(5-2-1-3-5)9-8(12)10-7/h4-5H,1-3H2,(H2,9,10,11,12). The SMILES string of the molecule is O=c1cc(C2CCC2)[nH]c(=O)[nH]1. The Bertz CT molecular complexity index is 358. The van der Waals surface area contributed by atoms with Crippen LogP contribution in [-0.2, 0) is 0 Å². The van der Waals surface area contributed by atoms with Gasteiger partial charge >= 0.3 is 5.69 Å². The number of rotatable bonds is 1. The van der Waals surface area contributed by atoms with Crippen LogP contribution in [0.4, 0.5) is 0 Å². The van der Waals surface area contributed by atoms with Crippen molar-refractivity contribution in [3.63, 3.8) is 0 Å². The molecule has 0 bridgehead atoms. The smallest absolute Gasteiger partial charge is 0.311 e. The molecule has 1 saturated carbocycles. The van der Waals surface area contributed by atoms with E-state index in [1.807, 2.05) is 0 Å². The van der Waals surface area contributed by atoms with Crippen molar-refractivity contribution >= 4 is 0 Å². The molecule has 0 atom stereocenters. The first-order chi connectivity index (χ1) is 5.75. The molecule has 4 heteroatoms. The normalized spacial score (nSPS) is 17.3. The Labute approximate surface area is 68.6 Å². The van der Waals surface area contributed by atoms with Gasteiger partial charge in [0.25, 0.3) is 5.56 Å². The number of aromatic nitrogens is 2. The summed E-state index contributed by atoms with van der Waals surface area (Å²) in [5.74, 6) is 0.403. The summed E-state index contributed by atoms with van der Waals surface area (Å²) in [6.07, 6.45) is 3.36. The van der Waals surface area contributed by atoms with Crippen molar-refractivity contribution < 1.29 is 0 Å². The lowest BCUT2D eigenvalue weighted by atomic mass is 9.83. The predicted molar refractivity (Wildman–Crippen MR) is 44.3 cm³/mol. The molecular formula is C8H10N2O2. The van der Waals surface area contributed by atoms with E-state index in [0.29, 0.717) is 5.92 Å². The number of hydrogen-bond acceptors (Lipinski definition) is 2. The topological polar surface area (TPSA) is 65.7 Å². The fraction of sp³-hybridized carbons (Fsp3) is 0.500. The summed E-state index contributed by atoms with van der Waals surface area (Å²) in [5, 5.41) is 0. The molecule has 1 aliphatic carbocycles. The summed E-state index contributed by atoms with van der Waals surface area (Å²) in [6, 6.07) is 1.48. The lowest BCUT2D eigenvalue weighted by Crippen LogP contribution is -2.25. The van der Waals surface area contributed by atoms with Gasteiger partial charge in [-0.1, -0.05) is 6.42 Å². The molecule has 0 radical (unpaired) electrons. The fourth-order valence-electron chi connectivity index (χ4n) is 1.43. The van der Waals surface area contributed by atoms with E-state index in [2.05, 4.69) is 9.97 Å². The van der Waals surface area contributed by atoms with E-state index in [9.17, 15) is 9.59 Å². The average Bonchev–Trinajstić information content (AvgIpc) is 1.79. The molecule has 0 aromatic carbocycles. The Morgan fingerprint density at radius 1 is 1.25 bits per heavy atom. The van der Waals surface area contributed by atoms with E-state index in [1.165, 1.54) is 12.5 Å². The Morgan fingerprint density at radius 3 is 2.50 bits per heavy atom. The van der Waals surface area contributed by atoms with Crippen LogP contribution >= 0.6 is 0 Å². The fourth-order valence-corrected chi connectivity index (χ4v) is 1.43. The van der Waals surface area contributed by atoms with Crippen molar-refractivity contribution in [1.82, 2.24) is 9.97 Å². The Morgan fingerprint density at radius 2 is 2.00 bits per heavy atom. The lowest BCUT2D eigenvalue weighted by molar-refractivity contribution is 0.409. The van der Waals surface area contributed by atoms with E-state index in [0.717, 1.165) is 18.5 Å². The molecule has 1 aromatic heterocycles.